The van der Waals surface area contributed by atoms with Crippen molar-refractivity contribution in [1.29, 1.82) is 0 Å². The second-order valence-corrected chi connectivity index (χ2v) is 6.41. The molecular formula is C22H20N4O. The van der Waals surface area contributed by atoms with Crippen LogP contribution in [0.3, 0.4) is 0 Å². The van der Waals surface area contributed by atoms with Gasteiger partial charge in [0.2, 0.25) is 0 Å². The van der Waals surface area contributed by atoms with E-state index in [0.717, 1.165) is 39.9 Å². The summed E-state index contributed by atoms with van der Waals surface area (Å²) in [5, 5.41) is 8.99. The van der Waals surface area contributed by atoms with Gasteiger partial charge < -0.3 is 4.74 Å². The zero-order chi connectivity index (χ0) is 18.8. The van der Waals surface area contributed by atoms with Crippen molar-refractivity contribution in [3.05, 3.63) is 78.0 Å². The number of ether oxygens (including phenoxy) is 1. The highest BCUT2D eigenvalue weighted by molar-refractivity contribution is 5.75. The maximum Gasteiger partial charge on any atom is 0.187 e. The van der Waals surface area contributed by atoms with Crippen molar-refractivity contribution in [3.8, 4) is 17.0 Å². The van der Waals surface area contributed by atoms with Crippen LogP contribution in [-0.2, 0) is 0 Å². The van der Waals surface area contributed by atoms with Gasteiger partial charge in [-0.15, -0.1) is 10.2 Å². The number of aromatic nitrogens is 2. The number of nitrogens with zero attached hydrogens (tertiary/aromatic N) is 4. The smallest absolute Gasteiger partial charge is 0.187 e. The molecule has 0 atom stereocenters. The van der Waals surface area contributed by atoms with E-state index in [1.807, 2.05) is 53.8 Å². The molecule has 27 heavy (non-hydrogen) atoms. The summed E-state index contributed by atoms with van der Waals surface area (Å²) in [6.07, 6.45) is 0. The molecule has 0 spiro atoms. The molecule has 0 aliphatic heterocycles. The minimum atomic E-state index is 0.725. The van der Waals surface area contributed by atoms with Gasteiger partial charge in [-0.25, -0.2) is 4.98 Å². The third-order valence-electron chi connectivity index (χ3n) is 4.47. The van der Waals surface area contributed by atoms with E-state index >= 15 is 0 Å². The summed E-state index contributed by atoms with van der Waals surface area (Å²) >= 11 is 0. The van der Waals surface area contributed by atoms with E-state index in [9.17, 15) is 0 Å². The van der Waals surface area contributed by atoms with E-state index in [4.69, 9.17) is 9.72 Å². The predicted molar refractivity (Wildman–Crippen MR) is 107 cm³/mol. The van der Waals surface area contributed by atoms with Gasteiger partial charge in [0.1, 0.15) is 17.1 Å². The summed E-state index contributed by atoms with van der Waals surface area (Å²) in [5.74, 6) is 1.52. The fraction of sp³-hybridized carbons (Fsp3) is 0.136. The van der Waals surface area contributed by atoms with Crippen molar-refractivity contribution >= 4 is 17.2 Å². The maximum absolute atomic E-state index is 5.19. The summed E-state index contributed by atoms with van der Waals surface area (Å²) < 4.78 is 7.22. The van der Waals surface area contributed by atoms with Crippen LogP contribution in [0.5, 0.6) is 5.75 Å². The van der Waals surface area contributed by atoms with Crippen molar-refractivity contribution in [2.75, 3.05) is 7.11 Å². The second kappa shape index (κ2) is 7.03. The molecule has 4 rings (SSSR count). The SMILES string of the molecule is COc1ccc(N=Nc2c(-c3ccc(C)cc3)nc3cccc(C)n23)cc1. The molecule has 0 N–H and O–H groups in total. The quantitative estimate of drug-likeness (QED) is 0.418. The van der Waals surface area contributed by atoms with Crippen LogP contribution in [-0.4, -0.2) is 16.5 Å². The Morgan fingerprint density at radius 3 is 2.30 bits per heavy atom. The zero-order valence-corrected chi connectivity index (χ0v) is 15.5. The molecule has 0 fully saturated rings. The number of hydrogen-bond acceptors (Lipinski definition) is 4. The Morgan fingerprint density at radius 1 is 0.852 bits per heavy atom. The molecule has 2 aromatic carbocycles. The van der Waals surface area contributed by atoms with Crippen LogP contribution in [0.15, 0.2) is 77.0 Å². The summed E-state index contributed by atoms with van der Waals surface area (Å²) in [6, 6.07) is 21.8. The number of azo groups is 1. The van der Waals surface area contributed by atoms with Gasteiger partial charge in [-0.3, -0.25) is 4.40 Å². The summed E-state index contributed by atoms with van der Waals surface area (Å²) in [4.78, 5) is 4.80. The number of benzene rings is 2. The fourth-order valence-electron chi connectivity index (χ4n) is 2.99. The van der Waals surface area contributed by atoms with E-state index < -0.39 is 0 Å². The highest BCUT2D eigenvalue weighted by Crippen LogP contribution is 2.33. The third kappa shape index (κ3) is 3.31. The highest BCUT2D eigenvalue weighted by atomic mass is 16.5. The lowest BCUT2D eigenvalue weighted by atomic mass is 10.1. The van der Waals surface area contributed by atoms with Crippen molar-refractivity contribution in [2.45, 2.75) is 13.8 Å². The van der Waals surface area contributed by atoms with Gasteiger partial charge in [-0.2, -0.15) is 0 Å². The average Bonchev–Trinajstić information content (AvgIpc) is 3.07. The number of hydrogen-bond donors (Lipinski definition) is 0. The number of imidazole rings is 1. The minimum Gasteiger partial charge on any atom is -0.497 e. The lowest BCUT2D eigenvalue weighted by Crippen LogP contribution is -1.89. The van der Waals surface area contributed by atoms with Crippen molar-refractivity contribution in [1.82, 2.24) is 9.38 Å². The molecule has 0 saturated carbocycles. The van der Waals surface area contributed by atoms with Crippen LogP contribution in [0.4, 0.5) is 11.5 Å². The molecule has 2 heterocycles. The van der Waals surface area contributed by atoms with E-state index in [-0.39, 0.29) is 0 Å². The Morgan fingerprint density at radius 2 is 1.59 bits per heavy atom. The summed E-state index contributed by atoms with van der Waals surface area (Å²) in [5.41, 5.74) is 5.72. The van der Waals surface area contributed by atoms with E-state index in [1.54, 1.807) is 7.11 Å². The minimum absolute atomic E-state index is 0.725. The summed E-state index contributed by atoms with van der Waals surface area (Å²) in [7, 11) is 1.64. The van der Waals surface area contributed by atoms with Gasteiger partial charge in [0.15, 0.2) is 5.82 Å². The lowest BCUT2D eigenvalue weighted by molar-refractivity contribution is 0.415. The molecule has 0 aliphatic rings. The van der Waals surface area contributed by atoms with Gasteiger partial charge in [0.25, 0.3) is 0 Å². The molecule has 5 nitrogen and oxygen atoms in total. The number of pyridine rings is 1. The number of aryl methyl sites for hydroxylation is 2. The van der Waals surface area contributed by atoms with Crippen LogP contribution < -0.4 is 4.74 Å². The highest BCUT2D eigenvalue weighted by Gasteiger charge is 2.15. The van der Waals surface area contributed by atoms with Gasteiger partial charge in [0.05, 0.1) is 12.8 Å². The Balaban J connectivity index is 1.85. The molecule has 0 bridgehead atoms. The maximum atomic E-state index is 5.19. The number of fused-ring (bicyclic) bond motifs is 1. The van der Waals surface area contributed by atoms with Crippen LogP contribution >= 0.6 is 0 Å². The van der Waals surface area contributed by atoms with Crippen LogP contribution in [0.1, 0.15) is 11.3 Å². The van der Waals surface area contributed by atoms with E-state index in [2.05, 4.69) is 41.4 Å². The van der Waals surface area contributed by atoms with Crippen molar-refractivity contribution in [3.63, 3.8) is 0 Å². The normalized spacial score (nSPS) is 11.4. The van der Waals surface area contributed by atoms with Crippen LogP contribution in [0.25, 0.3) is 16.9 Å². The van der Waals surface area contributed by atoms with Crippen LogP contribution in [0, 0.1) is 13.8 Å². The molecule has 0 aliphatic carbocycles. The van der Waals surface area contributed by atoms with Crippen molar-refractivity contribution < 1.29 is 4.74 Å². The molecule has 0 radical (unpaired) electrons. The largest absolute Gasteiger partial charge is 0.497 e. The van der Waals surface area contributed by atoms with E-state index in [0.29, 0.717) is 0 Å². The molecule has 2 aromatic heterocycles. The molecule has 0 amide bonds. The first kappa shape index (κ1) is 17.0. The van der Waals surface area contributed by atoms with Gasteiger partial charge in [-0.05, 0) is 50.2 Å². The van der Waals surface area contributed by atoms with Gasteiger partial charge >= 0.3 is 0 Å². The average molecular weight is 356 g/mol. The Bertz CT molecular complexity index is 1110. The molecular weight excluding hydrogens is 336 g/mol. The molecule has 5 heteroatoms. The Kier molecular flexibility index (Phi) is 4.42. The Labute approximate surface area is 158 Å². The van der Waals surface area contributed by atoms with Crippen LogP contribution in [0.2, 0.25) is 0 Å². The standard InChI is InChI=1S/C22H20N4O/c1-15-7-9-17(10-8-15)21-22(26-16(2)5-4-6-20(26)23-21)25-24-18-11-13-19(27-3)14-12-18/h4-14H,1-3H3. The zero-order valence-electron chi connectivity index (χ0n) is 15.5. The fourth-order valence-corrected chi connectivity index (χ4v) is 2.99. The molecule has 134 valence electrons. The van der Waals surface area contributed by atoms with Gasteiger partial charge in [0, 0.05) is 11.3 Å². The first-order chi connectivity index (χ1) is 13.2. The predicted octanol–water partition coefficient (Wildman–Crippen LogP) is 6.04. The molecule has 4 aromatic rings. The first-order valence-corrected chi connectivity index (χ1v) is 8.76. The topological polar surface area (TPSA) is 51.2 Å². The van der Waals surface area contributed by atoms with Crippen molar-refractivity contribution in [2.24, 2.45) is 10.2 Å². The molecule has 0 unspecified atom stereocenters. The Hall–Kier alpha value is -3.47. The monoisotopic (exact) mass is 356 g/mol. The van der Waals surface area contributed by atoms with Gasteiger partial charge in [-0.1, -0.05) is 35.9 Å². The second-order valence-electron chi connectivity index (χ2n) is 6.41. The summed E-state index contributed by atoms with van der Waals surface area (Å²) in [6.45, 7) is 4.11. The lowest BCUT2D eigenvalue weighted by Gasteiger charge is -2.03. The first-order valence-electron chi connectivity index (χ1n) is 8.76. The molecule has 0 saturated heterocycles. The number of methoxy groups -OCH3 is 1. The van der Waals surface area contributed by atoms with E-state index in [1.165, 1.54) is 5.56 Å². The third-order valence-corrected chi connectivity index (χ3v) is 4.47. The number of rotatable bonds is 4.